The SMILES string of the molecule is O=C(c1cc[nH]c1)N1CCCN(C(=O)c2ccccc2F)CC1. The van der Waals surface area contributed by atoms with Gasteiger partial charge in [0.25, 0.3) is 11.8 Å². The molecule has 2 amide bonds. The second-order valence-electron chi connectivity index (χ2n) is 5.52. The van der Waals surface area contributed by atoms with Gasteiger partial charge in [-0.15, -0.1) is 0 Å². The van der Waals surface area contributed by atoms with Gasteiger partial charge in [0, 0.05) is 38.6 Å². The minimum absolute atomic E-state index is 0.0496. The van der Waals surface area contributed by atoms with E-state index in [0.29, 0.717) is 38.2 Å². The minimum atomic E-state index is -0.512. The molecule has 2 aromatic rings. The number of halogens is 1. The number of hydrogen-bond acceptors (Lipinski definition) is 2. The number of amides is 2. The number of rotatable bonds is 2. The Bertz CT molecular complexity index is 700. The second-order valence-corrected chi connectivity index (χ2v) is 5.52. The Labute approximate surface area is 133 Å². The number of carbonyl (C=O) groups is 2. The summed E-state index contributed by atoms with van der Waals surface area (Å²) in [5.74, 6) is -0.882. The Morgan fingerprint density at radius 1 is 0.957 bits per heavy atom. The zero-order valence-corrected chi connectivity index (χ0v) is 12.7. The number of H-pyrrole nitrogens is 1. The Kier molecular flexibility index (Phi) is 4.41. The number of nitrogens with one attached hydrogen (secondary N) is 1. The Morgan fingerprint density at radius 3 is 2.30 bits per heavy atom. The first-order valence-corrected chi connectivity index (χ1v) is 7.62. The van der Waals surface area contributed by atoms with E-state index in [1.807, 2.05) is 0 Å². The number of nitrogens with zero attached hydrogens (tertiary/aromatic N) is 2. The van der Waals surface area contributed by atoms with Crippen molar-refractivity contribution in [2.45, 2.75) is 6.42 Å². The van der Waals surface area contributed by atoms with Crippen LogP contribution < -0.4 is 0 Å². The van der Waals surface area contributed by atoms with Crippen LogP contribution in [0.5, 0.6) is 0 Å². The zero-order chi connectivity index (χ0) is 16.2. The van der Waals surface area contributed by atoms with Crippen LogP contribution in [0.2, 0.25) is 0 Å². The molecule has 23 heavy (non-hydrogen) atoms. The summed E-state index contributed by atoms with van der Waals surface area (Å²) in [6.45, 7) is 1.96. The summed E-state index contributed by atoms with van der Waals surface area (Å²) in [5.41, 5.74) is 0.691. The molecule has 1 fully saturated rings. The summed E-state index contributed by atoms with van der Waals surface area (Å²) >= 11 is 0. The van der Waals surface area contributed by atoms with Crippen LogP contribution in [0.25, 0.3) is 0 Å². The van der Waals surface area contributed by atoms with Crippen molar-refractivity contribution in [1.82, 2.24) is 14.8 Å². The summed E-state index contributed by atoms with van der Waals surface area (Å²) in [6.07, 6.45) is 4.05. The quantitative estimate of drug-likeness (QED) is 0.923. The third-order valence-electron chi connectivity index (χ3n) is 4.02. The number of carbonyl (C=O) groups excluding carboxylic acids is 2. The Hall–Kier alpha value is -2.63. The zero-order valence-electron chi connectivity index (χ0n) is 12.7. The van der Waals surface area contributed by atoms with E-state index in [9.17, 15) is 14.0 Å². The molecular weight excluding hydrogens is 297 g/mol. The lowest BCUT2D eigenvalue weighted by Gasteiger charge is -2.22. The third kappa shape index (κ3) is 3.26. The average Bonchev–Trinajstić information content (AvgIpc) is 2.98. The molecular formula is C17H18FN3O2. The predicted molar refractivity (Wildman–Crippen MR) is 83.6 cm³/mol. The second kappa shape index (κ2) is 6.64. The van der Waals surface area contributed by atoms with Gasteiger partial charge in [0.1, 0.15) is 5.82 Å². The highest BCUT2D eigenvalue weighted by Crippen LogP contribution is 2.14. The van der Waals surface area contributed by atoms with Gasteiger partial charge < -0.3 is 14.8 Å². The van der Waals surface area contributed by atoms with Crippen molar-refractivity contribution >= 4 is 11.8 Å². The van der Waals surface area contributed by atoms with Crippen LogP contribution in [-0.4, -0.2) is 52.8 Å². The highest BCUT2D eigenvalue weighted by Gasteiger charge is 2.24. The summed E-state index contributed by atoms with van der Waals surface area (Å²) in [5, 5.41) is 0. The normalized spacial score (nSPS) is 15.3. The molecule has 1 aromatic heterocycles. The van der Waals surface area contributed by atoms with Crippen LogP contribution in [-0.2, 0) is 0 Å². The number of aromatic amines is 1. The number of hydrogen-bond donors (Lipinski definition) is 1. The van der Waals surface area contributed by atoms with Crippen molar-refractivity contribution in [2.75, 3.05) is 26.2 Å². The van der Waals surface area contributed by atoms with Crippen LogP contribution in [0.3, 0.4) is 0 Å². The molecule has 1 N–H and O–H groups in total. The molecule has 120 valence electrons. The smallest absolute Gasteiger partial charge is 0.256 e. The first-order chi connectivity index (χ1) is 11.2. The van der Waals surface area contributed by atoms with E-state index < -0.39 is 5.82 Å². The van der Waals surface area contributed by atoms with Crippen LogP contribution in [0.15, 0.2) is 42.7 Å². The monoisotopic (exact) mass is 315 g/mol. The maximum atomic E-state index is 13.8. The van der Waals surface area contributed by atoms with Gasteiger partial charge in [0.15, 0.2) is 0 Å². The van der Waals surface area contributed by atoms with Crippen molar-refractivity contribution in [3.63, 3.8) is 0 Å². The molecule has 0 radical (unpaired) electrons. The van der Waals surface area contributed by atoms with Crippen LogP contribution in [0, 0.1) is 5.82 Å². The van der Waals surface area contributed by atoms with E-state index in [1.165, 1.54) is 12.1 Å². The fraction of sp³-hybridized carbons (Fsp3) is 0.294. The van der Waals surface area contributed by atoms with Gasteiger partial charge in [-0.1, -0.05) is 12.1 Å². The van der Waals surface area contributed by atoms with E-state index in [2.05, 4.69) is 4.98 Å². The highest BCUT2D eigenvalue weighted by atomic mass is 19.1. The van der Waals surface area contributed by atoms with Crippen molar-refractivity contribution in [1.29, 1.82) is 0 Å². The molecule has 1 aliphatic heterocycles. The third-order valence-corrected chi connectivity index (χ3v) is 4.02. The molecule has 0 unspecified atom stereocenters. The standard InChI is InChI=1S/C17H18FN3O2/c18-15-5-2-1-4-14(15)17(23)21-9-3-8-20(10-11-21)16(22)13-6-7-19-12-13/h1-2,4-7,12,19H,3,8-11H2. The first kappa shape index (κ1) is 15.3. The van der Waals surface area contributed by atoms with Crippen molar-refractivity contribution in [2.24, 2.45) is 0 Å². The maximum Gasteiger partial charge on any atom is 0.256 e. The Morgan fingerprint density at radius 2 is 1.65 bits per heavy atom. The van der Waals surface area contributed by atoms with E-state index in [4.69, 9.17) is 0 Å². The molecule has 0 spiro atoms. The molecule has 6 heteroatoms. The van der Waals surface area contributed by atoms with Gasteiger partial charge in [0.2, 0.25) is 0 Å². The lowest BCUT2D eigenvalue weighted by Crippen LogP contribution is -2.37. The van der Waals surface area contributed by atoms with Gasteiger partial charge in [-0.2, -0.15) is 0 Å². The summed E-state index contributed by atoms with van der Waals surface area (Å²) in [7, 11) is 0. The first-order valence-electron chi connectivity index (χ1n) is 7.62. The molecule has 1 aliphatic rings. The molecule has 5 nitrogen and oxygen atoms in total. The van der Waals surface area contributed by atoms with Gasteiger partial charge >= 0.3 is 0 Å². The Balaban J connectivity index is 1.68. The fourth-order valence-corrected chi connectivity index (χ4v) is 2.77. The van der Waals surface area contributed by atoms with Gasteiger partial charge in [0.05, 0.1) is 11.1 Å². The highest BCUT2D eigenvalue weighted by molar-refractivity contribution is 5.95. The minimum Gasteiger partial charge on any atom is -0.367 e. The summed E-state index contributed by atoms with van der Waals surface area (Å²) in [4.78, 5) is 31.0. The van der Waals surface area contributed by atoms with Crippen molar-refractivity contribution < 1.29 is 14.0 Å². The topological polar surface area (TPSA) is 56.4 Å². The average molecular weight is 315 g/mol. The van der Waals surface area contributed by atoms with Crippen LogP contribution in [0.4, 0.5) is 4.39 Å². The van der Waals surface area contributed by atoms with E-state index in [1.54, 1.807) is 40.4 Å². The van der Waals surface area contributed by atoms with Gasteiger partial charge in [-0.3, -0.25) is 9.59 Å². The summed E-state index contributed by atoms with van der Waals surface area (Å²) < 4.78 is 13.8. The molecule has 1 saturated heterocycles. The van der Waals surface area contributed by atoms with Gasteiger partial charge in [-0.25, -0.2) is 4.39 Å². The lowest BCUT2D eigenvalue weighted by atomic mass is 10.2. The number of benzene rings is 1. The summed E-state index contributed by atoms with van der Waals surface area (Å²) in [6, 6.07) is 7.72. The van der Waals surface area contributed by atoms with Gasteiger partial charge in [-0.05, 0) is 24.6 Å². The van der Waals surface area contributed by atoms with E-state index in [-0.39, 0.29) is 17.4 Å². The number of aromatic nitrogens is 1. The molecule has 0 saturated carbocycles. The maximum absolute atomic E-state index is 13.8. The van der Waals surface area contributed by atoms with E-state index >= 15 is 0 Å². The molecule has 2 heterocycles. The van der Waals surface area contributed by atoms with Crippen LogP contribution >= 0.6 is 0 Å². The van der Waals surface area contributed by atoms with E-state index in [0.717, 1.165) is 0 Å². The van der Waals surface area contributed by atoms with Crippen molar-refractivity contribution in [3.05, 3.63) is 59.7 Å². The molecule has 0 atom stereocenters. The molecule has 0 aliphatic carbocycles. The predicted octanol–water partition coefficient (Wildman–Crippen LogP) is 2.14. The fourth-order valence-electron chi connectivity index (χ4n) is 2.77. The van der Waals surface area contributed by atoms with Crippen LogP contribution in [0.1, 0.15) is 27.1 Å². The van der Waals surface area contributed by atoms with Crippen molar-refractivity contribution in [3.8, 4) is 0 Å². The lowest BCUT2D eigenvalue weighted by molar-refractivity contribution is 0.0716. The largest absolute Gasteiger partial charge is 0.367 e. The molecule has 0 bridgehead atoms. The molecule has 1 aromatic carbocycles. The molecule has 3 rings (SSSR count).